The summed E-state index contributed by atoms with van der Waals surface area (Å²) in [6.07, 6.45) is 1.61. The first-order chi connectivity index (χ1) is 18.6. The van der Waals surface area contributed by atoms with E-state index in [4.69, 9.17) is 21.3 Å². The van der Waals surface area contributed by atoms with Crippen molar-refractivity contribution in [3.05, 3.63) is 125 Å². The van der Waals surface area contributed by atoms with E-state index in [2.05, 4.69) is 15.1 Å². The van der Waals surface area contributed by atoms with Crippen molar-refractivity contribution < 1.29 is 9.53 Å². The number of nitrogens with one attached hydrogen (secondary N) is 1. The van der Waals surface area contributed by atoms with Crippen LogP contribution in [0.1, 0.15) is 16.7 Å². The molecule has 0 saturated carbocycles. The molecule has 1 aromatic heterocycles. The number of imidazole rings is 1. The average Bonchev–Trinajstić information content (AvgIpc) is 3.30. The monoisotopic (exact) mass is 540 g/mol. The van der Waals surface area contributed by atoms with Crippen LogP contribution in [0.2, 0.25) is 5.02 Å². The second kappa shape index (κ2) is 12.4. The first-order valence-corrected chi connectivity index (χ1v) is 13.4. The molecular formula is C30H25ClN4O2S. The number of nitrogens with zero attached hydrogens (tertiary/aromatic N) is 3. The number of thioether (sulfide) groups is 1. The summed E-state index contributed by atoms with van der Waals surface area (Å²) in [5.74, 6) is 0.750. The maximum absolute atomic E-state index is 12.5. The SMILES string of the molecule is O=C(CSc1nc2ccccc2n1Cc1ccc(Cl)cc1)N/N=C\c1ccc(OCc2ccccc2)cc1. The fourth-order valence-electron chi connectivity index (χ4n) is 3.82. The van der Waals surface area contributed by atoms with Gasteiger partial charge in [0.1, 0.15) is 12.4 Å². The molecule has 0 radical (unpaired) electrons. The normalized spacial score (nSPS) is 11.2. The second-order valence-corrected chi connectivity index (χ2v) is 9.90. The van der Waals surface area contributed by atoms with Gasteiger partial charge in [0.25, 0.3) is 5.91 Å². The smallest absolute Gasteiger partial charge is 0.250 e. The van der Waals surface area contributed by atoms with Gasteiger partial charge in [0.2, 0.25) is 0 Å². The molecule has 0 fully saturated rings. The predicted molar refractivity (Wildman–Crippen MR) is 154 cm³/mol. The summed E-state index contributed by atoms with van der Waals surface area (Å²) in [4.78, 5) is 17.2. The number of ether oxygens (including phenoxy) is 1. The number of aromatic nitrogens is 2. The quantitative estimate of drug-likeness (QED) is 0.124. The predicted octanol–water partition coefficient (Wildman–Crippen LogP) is 6.56. The van der Waals surface area contributed by atoms with Crippen LogP contribution in [0, 0.1) is 0 Å². The number of fused-ring (bicyclic) bond motifs is 1. The van der Waals surface area contributed by atoms with Crippen LogP contribution in [0.3, 0.4) is 0 Å². The van der Waals surface area contributed by atoms with Crippen LogP contribution >= 0.6 is 23.4 Å². The van der Waals surface area contributed by atoms with Crippen LogP contribution in [0.4, 0.5) is 0 Å². The largest absolute Gasteiger partial charge is 0.489 e. The number of para-hydroxylation sites is 2. The number of amides is 1. The number of carbonyl (C=O) groups excluding carboxylic acids is 1. The summed E-state index contributed by atoms with van der Waals surface area (Å²) in [6, 6.07) is 33.2. The molecule has 5 rings (SSSR count). The third kappa shape index (κ3) is 6.82. The lowest BCUT2D eigenvalue weighted by Crippen LogP contribution is -2.20. The summed E-state index contributed by atoms with van der Waals surface area (Å²) in [5.41, 5.74) is 7.57. The molecule has 0 aliphatic rings. The van der Waals surface area contributed by atoms with Gasteiger partial charge in [0, 0.05) is 5.02 Å². The van der Waals surface area contributed by atoms with Gasteiger partial charge in [-0.05, 0) is 65.2 Å². The number of rotatable bonds is 10. The summed E-state index contributed by atoms with van der Waals surface area (Å²) in [5, 5.41) is 5.57. The highest BCUT2D eigenvalue weighted by Gasteiger charge is 2.13. The Labute approximate surface area is 230 Å². The van der Waals surface area contributed by atoms with E-state index in [0.29, 0.717) is 18.2 Å². The molecule has 0 bridgehead atoms. The molecule has 0 atom stereocenters. The van der Waals surface area contributed by atoms with Crippen molar-refractivity contribution in [2.45, 2.75) is 18.3 Å². The first-order valence-electron chi connectivity index (χ1n) is 12.1. The molecule has 1 heterocycles. The van der Waals surface area contributed by atoms with Crippen molar-refractivity contribution in [3.8, 4) is 5.75 Å². The summed E-state index contributed by atoms with van der Waals surface area (Å²) >= 11 is 7.42. The van der Waals surface area contributed by atoms with Crippen molar-refractivity contribution in [2.24, 2.45) is 5.10 Å². The minimum absolute atomic E-state index is 0.188. The highest BCUT2D eigenvalue weighted by Crippen LogP contribution is 2.25. The standard InChI is InChI=1S/C30H25ClN4O2S/c31-25-14-10-23(11-15-25)19-35-28-9-5-4-8-27(28)33-30(35)38-21-29(36)34-32-18-22-12-16-26(17-13-22)37-20-24-6-2-1-3-7-24/h1-18H,19-21H2,(H,34,36)/b32-18-. The summed E-state index contributed by atoms with van der Waals surface area (Å²) in [6.45, 7) is 1.14. The zero-order valence-electron chi connectivity index (χ0n) is 20.5. The molecule has 5 aromatic rings. The second-order valence-electron chi connectivity index (χ2n) is 8.52. The van der Waals surface area contributed by atoms with Crippen LogP contribution in [0.15, 0.2) is 113 Å². The number of hydrogen-bond donors (Lipinski definition) is 1. The molecule has 8 heteroatoms. The zero-order chi connectivity index (χ0) is 26.2. The Bertz CT molecular complexity index is 1530. The number of benzene rings is 4. The average molecular weight is 541 g/mol. The third-order valence-corrected chi connectivity index (χ3v) is 6.97. The van der Waals surface area contributed by atoms with Crippen LogP contribution in [0.25, 0.3) is 11.0 Å². The van der Waals surface area contributed by atoms with Gasteiger partial charge in [-0.2, -0.15) is 5.10 Å². The van der Waals surface area contributed by atoms with Gasteiger partial charge in [-0.3, -0.25) is 4.79 Å². The number of halogens is 1. The Morgan fingerprint density at radius 2 is 1.66 bits per heavy atom. The van der Waals surface area contributed by atoms with Crippen molar-refractivity contribution in [1.82, 2.24) is 15.0 Å². The summed E-state index contributed by atoms with van der Waals surface area (Å²) < 4.78 is 7.92. The molecule has 0 unspecified atom stereocenters. The number of hydrogen-bond acceptors (Lipinski definition) is 5. The molecule has 4 aromatic carbocycles. The van der Waals surface area contributed by atoms with Crippen LogP contribution < -0.4 is 10.2 Å². The molecule has 1 N–H and O–H groups in total. The number of carbonyl (C=O) groups is 1. The lowest BCUT2D eigenvalue weighted by atomic mass is 10.2. The van der Waals surface area contributed by atoms with Gasteiger partial charge in [-0.25, -0.2) is 10.4 Å². The minimum atomic E-state index is -0.209. The maximum Gasteiger partial charge on any atom is 0.250 e. The zero-order valence-corrected chi connectivity index (χ0v) is 22.0. The first kappa shape index (κ1) is 25.6. The molecule has 0 aliphatic carbocycles. The van der Waals surface area contributed by atoms with Gasteiger partial charge in [0.15, 0.2) is 5.16 Å². The van der Waals surface area contributed by atoms with Gasteiger partial charge in [-0.1, -0.05) is 78.0 Å². The Morgan fingerprint density at radius 3 is 2.45 bits per heavy atom. The molecule has 0 aliphatic heterocycles. The van der Waals surface area contributed by atoms with Crippen molar-refractivity contribution in [3.63, 3.8) is 0 Å². The fourth-order valence-corrected chi connectivity index (χ4v) is 4.75. The van der Waals surface area contributed by atoms with Crippen LogP contribution in [0.5, 0.6) is 5.75 Å². The van der Waals surface area contributed by atoms with E-state index in [1.807, 2.05) is 103 Å². The molecule has 0 spiro atoms. The van der Waals surface area contributed by atoms with Crippen LogP contribution in [-0.4, -0.2) is 27.4 Å². The fraction of sp³-hybridized carbons (Fsp3) is 0.100. The lowest BCUT2D eigenvalue weighted by Gasteiger charge is -2.09. The Kier molecular flexibility index (Phi) is 8.38. The lowest BCUT2D eigenvalue weighted by molar-refractivity contribution is -0.118. The van der Waals surface area contributed by atoms with E-state index < -0.39 is 0 Å². The van der Waals surface area contributed by atoms with Crippen molar-refractivity contribution in [2.75, 3.05) is 5.75 Å². The summed E-state index contributed by atoms with van der Waals surface area (Å²) in [7, 11) is 0. The van der Waals surface area contributed by atoms with Gasteiger partial charge in [-0.15, -0.1) is 0 Å². The third-order valence-electron chi connectivity index (χ3n) is 5.74. The molecule has 190 valence electrons. The molecule has 1 amide bonds. The van der Waals surface area contributed by atoms with Crippen molar-refractivity contribution in [1.29, 1.82) is 0 Å². The van der Waals surface area contributed by atoms with Gasteiger partial charge >= 0.3 is 0 Å². The molecular weight excluding hydrogens is 516 g/mol. The molecule has 38 heavy (non-hydrogen) atoms. The van der Waals surface area contributed by atoms with Gasteiger partial charge < -0.3 is 9.30 Å². The molecule has 0 saturated heterocycles. The van der Waals surface area contributed by atoms with Crippen LogP contribution in [-0.2, 0) is 17.9 Å². The van der Waals surface area contributed by atoms with E-state index in [9.17, 15) is 4.79 Å². The Hall–Kier alpha value is -4.07. The topological polar surface area (TPSA) is 68.5 Å². The van der Waals surface area contributed by atoms with E-state index in [0.717, 1.165) is 38.6 Å². The number of hydrazone groups is 1. The highest BCUT2D eigenvalue weighted by atomic mass is 35.5. The van der Waals surface area contributed by atoms with Gasteiger partial charge in [0.05, 0.1) is 29.5 Å². The Balaban J connectivity index is 1.15. The van der Waals surface area contributed by atoms with E-state index in [1.54, 1.807) is 6.21 Å². The van der Waals surface area contributed by atoms with E-state index >= 15 is 0 Å². The van der Waals surface area contributed by atoms with E-state index in [1.165, 1.54) is 11.8 Å². The molecule has 6 nitrogen and oxygen atoms in total. The van der Waals surface area contributed by atoms with Crippen molar-refractivity contribution >= 4 is 46.5 Å². The Morgan fingerprint density at radius 1 is 0.921 bits per heavy atom. The highest BCUT2D eigenvalue weighted by molar-refractivity contribution is 7.99. The minimum Gasteiger partial charge on any atom is -0.489 e. The van der Waals surface area contributed by atoms with E-state index in [-0.39, 0.29) is 11.7 Å². The maximum atomic E-state index is 12.5.